The summed E-state index contributed by atoms with van der Waals surface area (Å²) >= 11 is 0. The van der Waals surface area contributed by atoms with Crippen LogP contribution in [0.2, 0.25) is 0 Å². The topological polar surface area (TPSA) is 62.5 Å². The molecule has 0 radical (unpaired) electrons. The molecule has 4 rings (SSSR count). The van der Waals surface area contributed by atoms with Gasteiger partial charge in [0.2, 0.25) is 5.76 Å². The number of nitrogens with one attached hydrogen (secondary N) is 1. The predicted molar refractivity (Wildman–Crippen MR) is 79.2 cm³/mol. The zero-order valence-electron chi connectivity index (χ0n) is 11.8. The Morgan fingerprint density at radius 3 is 2.57 bits per heavy atom. The molecule has 1 heterocycles. The van der Waals surface area contributed by atoms with Gasteiger partial charge in [-0.3, -0.25) is 0 Å². The molecule has 2 aliphatic carbocycles. The molecule has 110 valence electrons. The van der Waals surface area contributed by atoms with Crippen LogP contribution in [0.5, 0.6) is 0 Å². The minimum Gasteiger partial charge on any atom is -0.475 e. The second kappa shape index (κ2) is 4.88. The number of carboxylic acid groups (broad SMARTS) is 1. The van der Waals surface area contributed by atoms with Gasteiger partial charge in [0.1, 0.15) is 5.58 Å². The molecular weight excluding hydrogens is 266 g/mol. The van der Waals surface area contributed by atoms with E-state index in [0.29, 0.717) is 11.6 Å². The fraction of sp³-hybridized carbons (Fsp3) is 0.471. The largest absolute Gasteiger partial charge is 0.475 e. The Kier molecular flexibility index (Phi) is 3.00. The number of hydrogen-bond acceptors (Lipinski definition) is 3. The number of fused-ring (bicyclic) bond motifs is 1. The van der Waals surface area contributed by atoms with Crippen LogP contribution in [0.4, 0.5) is 0 Å². The monoisotopic (exact) mass is 285 g/mol. The van der Waals surface area contributed by atoms with Crippen molar-refractivity contribution in [3.05, 3.63) is 35.6 Å². The summed E-state index contributed by atoms with van der Waals surface area (Å²) < 4.78 is 5.29. The summed E-state index contributed by atoms with van der Waals surface area (Å²) in [6.45, 7) is 0.848. The summed E-state index contributed by atoms with van der Waals surface area (Å²) in [5.74, 6) is 0.750. The Hall–Kier alpha value is -1.81. The predicted octanol–water partition coefficient (Wildman–Crippen LogP) is 3.41. The zero-order chi connectivity index (χ0) is 14.4. The van der Waals surface area contributed by atoms with Crippen LogP contribution in [0.15, 0.2) is 28.7 Å². The van der Waals surface area contributed by atoms with Crippen LogP contribution in [0.3, 0.4) is 0 Å². The molecule has 4 nitrogen and oxygen atoms in total. The van der Waals surface area contributed by atoms with Gasteiger partial charge < -0.3 is 14.8 Å². The lowest BCUT2D eigenvalue weighted by molar-refractivity contribution is 0.0665. The molecule has 2 saturated carbocycles. The minimum atomic E-state index is -1.02. The number of furan rings is 1. The number of benzene rings is 1. The highest BCUT2D eigenvalue weighted by Crippen LogP contribution is 2.44. The number of rotatable bonds is 6. The van der Waals surface area contributed by atoms with E-state index >= 15 is 0 Å². The Balaban J connectivity index is 1.49. The van der Waals surface area contributed by atoms with Crippen molar-refractivity contribution in [1.29, 1.82) is 0 Å². The molecule has 2 aliphatic rings. The van der Waals surface area contributed by atoms with Gasteiger partial charge in [0.15, 0.2) is 0 Å². The van der Waals surface area contributed by atoms with Crippen LogP contribution in [0.25, 0.3) is 11.0 Å². The molecule has 0 bridgehead atoms. The van der Waals surface area contributed by atoms with E-state index in [0.717, 1.165) is 23.8 Å². The second-order valence-corrected chi connectivity index (χ2v) is 6.37. The highest BCUT2D eigenvalue weighted by molar-refractivity contribution is 5.91. The lowest BCUT2D eigenvalue weighted by Gasteiger charge is -2.17. The van der Waals surface area contributed by atoms with Crippen LogP contribution in [-0.4, -0.2) is 17.1 Å². The van der Waals surface area contributed by atoms with Gasteiger partial charge in [-0.15, -0.1) is 0 Å². The van der Waals surface area contributed by atoms with Crippen molar-refractivity contribution < 1.29 is 14.3 Å². The van der Waals surface area contributed by atoms with Gasteiger partial charge in [0.05, 0.1) is 0 Å². The van der Waals surface area contributed by atoms with Crippen molar-refractivity contribution in [1.82, 2.24) is 5.32 Å². The van der Waals surface area contributed by atoms with Crippen LogP contribution >= 0.6 is 0 Å². The number of aromatic carboxylic acids is 1. The Morgan fingerprint density at radius 2 is 1.95 bits per heavy atom. The lowest BCUT2D eigenvalue weighted by atomic mass is 10.1. The van der Waals surface area contributed by atoms with Crippen LogP contribution < -0.4 is 5.32 Å². The molecule has 0 atom stereocenters. The van der Waals surface area contributed by atoms with Gasteiger partial charge in [-0.2, -0.15) is 0 Å². The van der Waals surface area contributed by atoms with Crippen molar-refractivity contribution in [2.75, 3.05) is 0 Å². The first kappa shape index (κ1) is 12.9. The summed E-state index contributed by atoms with van der Waals surface area (Å²) in [5, 5.41) is 13.5. The maximum absolute atomic E-state index is 10.9. The fourth-order valence-electron chi connectivity index (χ4n) is 3.17. The first-order chi connectivity index (χ1) is 10.2. The van der Waals surface area contributed by atoms with Crippen molar-refractivity contribution in [3.8, 4) is 0 Å². The van der Waals surface area contributed by atoms with E-state index < -0.39 is 5.97 Å². The minimum absolute atomic E-state index is 0.00365. The van der Waals surface area contributed by atoms with E-state index in [4.69, 9.17) is 9.52 Å². The van der Waals surface area contributed by atoms with E-state index in [9.17, 15) is 4.79 Å². The lowest BCUT2D eigenvalue weighted by Crippen LogP contribution is -2.32. The van der Waals surface area contributed by atoms with Gasteiger partial charge in [-0.05, 0) is 61.3 Å². The van der Waals surface area contributed by atoms with Crippen molar-refractivity contribution in [2.45, 2.75) is 38.3 Å². The number of carbonyl (C=O) groups is 1. The molecule has 2 fully saturated rings. The highest BCUT2D eigenvalue weighted by atomic mass is 16.4. The Morgan fingerprint density at radius 1 is 1.24 bits per heavy atom. The zero-order valence-corrected chi connectivity index (χ0v) is 11.8. The molecule has 1 aromatic carbocycles. The average Bonchev–Trinajstić information content (AvgIpc) is 3.37. The summed E-state index contributed by atoms with van der Waals surface area (Å²) in [6.07, 6.45) is 5.49. The summed E-state index contributed by atoms with van der Waals surface area (Å²) in [5.41, 5.74) is 1.82. The van der Waals surface area contributed by atoms with Crippen molar-refractivity contribution in [3.63, 3.8) is 0 Å². The molecular formula is C17H19NO3. The third kappa shape index (κ3) is 2.68. The Bertz CT molecular complexity index is 670. The smallest absolute Gasteiger partial charge is 0.371 e. The Labute approximate surface area is 123 Å². The van der Waals surface area contributed by atoms with Crippen molar-refractivity contribution >= 4 is 16.9 Å². The molecule has 0 saturated heterocycles. The summed E-state index contributed by atoms with van der Waals surface area (Å²) in [4.78, 5) is 10.9. The third-order valence-electron chi connectivity index (χ3n) is 4.59. The molecule has 4 heteroatoms. The first-order valence-electron chi connectivity index (χ1n) is 7.70. The molecule has 2 N–H and O–H groups in total. The molecule has 21 heavy (non-hydrogen) atoms. The summed E-state index contributed by atoms with van der Waals surface area (Å²) in [7, 11) is 0. The molecule has 0 aliphatic heterocycles. The number of carboxylic acids is 1. The van der Waals surface area contributed by atoms with Crippen molar-refractivity contribution in [2.24, 2.45) is 11.8 Å². The van der Waals surface area contributed by atoms with Crippen LogP contribution in [0, 0.1) is 11.8 Å². The van der Waals surface area contributed by atoms with Gasteiger partial charge in [0, 0.05) is 18.0 Å². The number of hydrogen-bond donors (Lipinski definition) is 2. The van der Waals surface area contributed by atoms with Gasteiger partial charge in [-0.25, -0.2) is 4.79 Å². The molecule has 0 amide bonds. The molecule has 1 aromatic heterocycles. The van der Waals surface area contributed by atoms with E-state index in [-0.39, 0.29) is 5.76 Å². The van der Waals surface area contributed by atoms with E-state index in [2.05, 4.69) is 5.32 Å². The van der Waals surface area contributed by atoms with Gasteiger partial charge >= 0.3 is 5.97 Å². The fourth-order valence-corrected chi connectivity index (χ4v) is 3.17. The van der Waals surface area contributed by atoms with E-state index in [1.165, 1.54) is 31.2 Å². The van der Waals surface area contributed by atoms with Crippen LogP contribution in [-0.2, 0) is 6.54 Å². The average molecular weight is 285 g/mol. The maximum Gasteiger partial charge on any atom is 0.371 e. The molecule has 2 aromatic rings. The van der Waals surface area contributed by atoms with E-state index in [1.54, 1.807) is 6.07 Å². The normalized spacial score (nSPS) is 18.5. The SMILES string of the molecule is O=C(O)c1cc2cc(CNC(C3CC3)C3CC3)ccc2o1. The second-order valence-electron chi connectivity index (χ2n) is 6.37. The van der Waals surface area contributed by atoms with E-state index in [1.807, 2.05) is 18.2 Å². The maximum atomic E-state index is 10.9. The molecule has 0 spiro atoms. The van der Waals surface area contributed by atoms with Gasteiger partial charge in [-0.1, -0.05) is 6.07 Å². The standard InChI is InChI=1S/C17H19NO3/c19-17(20)15-8-13-7-10(1-6-14(13)21-15)9-18-16(11-2-3-11)12-4-5-12/h1,6-8,11-12,16,18H,2-5,9H2,(H,19,20). The summed E-state index contributed by atoms with van der Waals surface area (Å²) in [6, 6.07) is 8.18. The van der Waals surface area contributed by atoms with Crippen LogP contribution in [0.1, 0.15) is 41.8 Å². The quantitative estimate of drug-likeness (QED) is 0.853. The third-order valence-corrected chi connectivity index (χ3v) is 4.59. The molecule has 0 unspecified atom stereocenters. The highest BCUT2D eigenvalue weighted by Gasteiger charge is 2.40. The van der Waals surface area contributed by atoms with Gasteiger partial charge in [0.25, 0.3) is 0 Å². The first-order valence-corrected chi connectivity index (χ1v) is 7.70.